The summed E-state index contributed by atoms with van der Waals surface area (Å²) in [6, 6.07) is 0.00421. The van der Waals surface area contributed by atoms with Crippen LogP contribution in [0.1, 0.15) is 62.2 Å². The smallest absolute Gasteiger partial charge is 0.226 e. The fourth-order valence-electron chi connectivity index (χ4n) is 4.31. The molecule has 0 N–H and O–H groups in total. The molecular formula is C20H26N4O2. The van der Waals surface area contributed by atoms with Crippen LogP contribution < -0.4 is 0 Å². The van der Waals surface area contributed by atoms with Crippen LogP contribution in [-0.4, -0.2) is 44.7 Å². The Labute approximate surface area is 154 Å². The van der Waals surface area contributed by atoms with Gasteiger partial charge in [0, 0.05) is 50.7 Å². The van der Waals surface area contributed by atoms with Crippen LogP contribution in [0, 0.1) is 5.92 Å². The van der Waals surface area contributed by atoms with E-state index in [0.717, 1.165) is 62.2 Å². The molecule has 26 heavy (non-hydrogen) atoms. The molecule has 0 bridgehead atoms. The molecule has 0 saturated carbocycles. The third-order valence-corrected chi connectivity index (χ3v) is 5.85. The van der Waals surface area contributed by atoms with Gasteiger partial charge in [0.1, 0.15) is 0 Å². The van der Waals surface area contributed by atoms with Gasteiger partial charge in [0.2, 0.25) is 11.8 Å². The van der Waals surface area contributed by atoms with E-state index in [1.54, 1.807) is 6.92 Å². The first-order valence-electron chi connectivity index (χ1n) is 9.69. The quantitative estimate of drug-likeness (QED) is 0.765. The Bertz CT molecular complexity index is 745. The molecule has 138 valence electrons. The zero-order chi connectivity index (χ0) is 18.1. The summed E-state index contributed by atoms with van der Waals surface area (Å²) in [5.74, 6) is 1.24. The van der Waals surface area contributed by atoms with Crippen molar-refractivity contribution >= 4 is 11.8 Å². The second-order valence-electron chi connectivity index (χ2n) is 7.56. The van der Waals surface area contributed by atoms with E-state index >= 15 is 0 Å². The molecule has 1 aromatic heterocycles. The highest BCUT2D eigenvalue weighted by Gasteiger charge is 2.35. The van der Waals surface area contributed by atoms with Crippen molar-refractivity contribution in [1.82, 2.24) is 19.8 Å². The van der Waals surface area contributed by atoms with Gasteiger partial charge in [-0.25, -0.2) is 9.97 Å². The molecule has 0 aromatic carbocycles. The topological polar surface area (TPSA) is 66.4 Å². The van der Waals surface area contributed by atoms with Crippen molar-refractivity contribution in [2.75, 3.05) is 13.1 Å². The van der Waals surface area contributed by atoms with Gasteiger partial charge >= 0.3 is 0 Å². The zero-order valence-corrected chi connectivity index (χ0v) is 15.4. The Hall–Kier alpha value is -2.24. The summed E-state index contributed by atoms with van der Waals surface area (Å²) in [6.45, 7) is 3.71. The molecule has 2 atom stereocenters. The van der Waals surface area contributed by atoms with E-state index in [0.29, 0.717) is 13.1 Å². The average molecular weight is 354 g/mol. The standard InChI is InChI=1S/C20H26N4O2/c1-14(25)23-11-9-17-16(13-23)12-21-19(22-17)18-8-5-10-24(18)20(26)15-6-3-2-4-7-15/h2-3,12,15,18H,4-11,13H2,1H3. The van der Waals surface area contributed by atoms with Crippen molar-refractivity contribution in [2.45, 2.75) is 58.0 Å². The van der Waals surface area contributed by atoms with Crippen LogP contribution in [0.3, 0.4) is 0 Å². The second-order valence-corrected chi connectivity index (χ2v) is 7.56. The molecule has 1 saturated heterocycles. The fraction of sp³-hybridized carbons (Fsp3) is 0.600. The molecule has 3 aliphatic rings. The van der Waals surface area contributed by atoms with Crippen molar-refractivity contribution < 1.29 is 9.59 Å². The maximum absolute atomic E-state index is 13.0. The lowest BCUT2D eigenvalue weighted by atomic mass is 9.93. The minimum atomic E-state index is 0.00421. The number of aromatic nitrogens is 2. The third kappa shape index (κ3) is 3.24. The van der Waals surface area contributed by atoms with E-state index in [9.17, 15) is 9.59 Å². The molecule has 0 radical (unpaired) electrons. The van der Waals surface area contributed by atoms with Crippen molar-refractivity contribution in [3.05, 3.63) is 35.4 Å². The van der Waals surface area contributed by atoms with Gasteiger partial charge < -0.3 is 9.80 Å². The molecule has 3 heterocycles. The summed E-state index contributed by atoms with van der Waals surface area (Å²) in [4.78, 5) is 37.8. The lowest BCUT2D eigenvalue weighted by molar-refractivity contribution is -0.137. The van der Waals surface area contributed by atoms with Gasteiger partial charge in [0.15, 0.2) is 5.82 Å². The number of likely N-dealkylation sites (tertiary alicyclic amines) is 1. The van der Waals surface area contributed by atoms with Gasteiger partial charge in [-0.05, 0) is 32.1 Å². The largest absolute Gasteiger partial charge is 0.338 e. The zero-order valence-electron chi connectivity index (χ0n) is 15.4. The molecule has 6 nitrogen and oxygen atoms in total. The van der Waals surface area contributed by atoms with Crippen LogP contribution in [0.2, 0.25) is 0 Å². The monoisotopic (exact) mass is 354 g/mol. The predicted octanol–water partition coefficient (Wildman–Crippen LogP) is 2.40. The van der Waals surface area contributed by atoms with Crippen LogP contribution in [0.25, 0.3) is 0 Å². The Balaban J connectivity index is 1.52. The molecule has 2 amide bonds. The van der Waals surface area contributed by atoms with Crippen LogP contribution in [0.5, 0.6) is 0 Å². The van der Waals surface area contributed by atoms with Crippen molar-refractivity contribution in [1.29, 1.82) is 0 Å². The molecule has 2 aliphatic heterocycles. The highest BCUT2D eigenvalue weighted by Crippen LogP contribution is 2.34. The van der Waals surface area contributed by atoms with E-state index in [1.807, 2.05) is 16.0 Å². The minimum absolute atomic E-state index is 0.00421. The first-order valence-corrected chi connectivity index (χ1v) is 9.69. The van der Waals surface area contributed by atoms with E-state index in [4.69, 9.17) is 4.98 Å². The van der Waals surface area contributed by atoms with Gasteiger partial charge in [-0.2, -0.15) is 0 Å². The highest BCUT2D eigenvalue weighted by atomic mass is 16.2. The number of carbonyl (C=O) groups is 2. The van der Waals surface area contributed by atoms with E-state index in [1.165, 1.54) is 0 Å². The molecular weight excluding hydrogens is 328 g/mol. The fourth-order valence-corrected chi connectivity index (χ4v) is 4.31. The minimum Gasteiger partial charge on any atom is -0.338 e. The summed E-state index contributed by atoms with van der Waals surface area (Å²) in [6.07, 6.45) is 11.7. The van der Waals surface area contributed by atoms with Gasteiger partial charge in [-0.1, -0.05) is 12.2 Å². The number of carbonyl (C=O) groups excluding carboxylic acids is 2. The average Bonchev–Trinajstić information content (AvgIpc) is 3.17. The summed E-state index contributed by atoms with van der Waals surface area (Å²) in [5.41, 5.74) is 2.07. The number of hydrogen-bond donors (Lipinski definition) is 0. The van der Waals surface area contributed by atoms with Gasteiger partial charge in [-0.3, -0.25) is 9.59 Å². The maximum atomic E-state index is 13.0. The number of hydrogen-bond acceptors (Lipinski definition) is 4. The van der Waals surface area contributed by atoms with Crippen LogP contribution >= 0.6 is 0 Å². The summed E-state index contributed by atoms with van der Waals surface area (Å²) in [7, 11) is 0. The van der Waals surface area contributed by atoms with E-state index < -0.39 is 0 Å². The maximum Gasteiger partial charge on any atom is 0.226 e. The summed E-state index contributed by atoms with van der Waals surface area (Å²) in [5, 5.41) is 0. The lowest BCUT2D eigenvalue weighted by Crippen LogP contribution is -2.37. The Morgan fingerprint density at radius 3 is 2.85 bits per heavy atom. The van der Waals surface area contributed by atoms with E-state index in [2.05, 4.69) is 17.1 Å². The number of rotatable bonds is 2. The van der Waals surface area contributed by atoms with Gasteiger partial charge in [0.25, 0.3) is 0 Å². The van der Waals surface area contributed by atoms with Crippen molar-refractivity contribution in [3.63, 3.8) is 0 Å². The summed E-state index contributed by atoms with van der Waals surface area (Å²) < 4.78 is 0. The predicted molar refractivity (Wildman–Crippen MR) is 97.0 cm³/mol. The molecule has 1 aromatic rings. The van der Waals surface area contributed by atoms with Crippen molar-refractivity contribution in [3.8, 4) is 0 Å². The number of nitrogens with zero attached hydrogens (tertiary/aromatic N) is 4. The first-order chi connectivity index (χ1) is 12.6. The normalized spacial score (nSPS) is 25.3. The molecule has 6 heteroatoms. The van der Waals surface area contributed by atoms with Gasteiger partial charge in [-0.15, -0.1) is 0 Å². The summed E-state index contributed by atoms with van der Waals surface area (Å²) >= 11 is 0. The SMILES string of the molecule is CC(=O)N1CCc2nc(C3CCCN3C(=O)C3CC=CCC3)ncc2C1. The number of amides is 2. The Kier molecular flexibility index (Phi) is 4.74. The molecule has 0 spiro atoms. The van der Waals surface area contributed by atoms with Crippen LogP contribution in [-0.2, 0) is 22.6 Å². The Morgan fingerprint density at radius 2 is 2.08 bits per heavy atom. The number of fused-ring (bicyclic) bond motifs is 1. The third-order valence-electron chi connectivity index (χ3n) is 5.85. The van der Waals surface area contributed by atoms with Gasteiger partial charge in [0.05, 0.1) is 11.7 Å². The molecule has 4 rings (SSSR count). The van der Waals surface area contributed by atoms with Crippen LogP contribution in [0.15, 0.2) is 18.3 Å². The molecule has 1 fully saturated rings. The Morgan fingerprint density at radius 1 is 1.19 bits per heavy atom. The number of allylic oxidation sites excluding steroid dienone is 2. The lowest BCUT2D eigenvalue weighted by Gasteiger charge is -2.30. The first kappa shape index (κ1) is 17.2. The van der Waals surface area contributed by atoms with Crippen molar-refractivity contribution in [2.24, 2.45) is 5.92 Å². The van der Waals surface area contributed by atoms with E-state index in [-0.39, 0.29) is 23.8 Å². The molecule has 1 aliphatic carbocycles. The molecule has 2 unspecified atom stereocenters. The highest BCUT2D eigenvalue weighted by molar-refractivity contribution is 5.80. The van der Waals surface area contributed by atoms with Crippen LogP contribution in [0.4, 0.5) is 0 Å². The second kappa shape index (κ2) is 7.17.